The maximum atomic E-state index is 5.50. The Morgan fingerprint density at radius 3 is 3.00 bits per heavy atom. The number of rotatable bonds is 5. The zero-order valence-corrected chi connectivity index (χ0v) is 10.8. The largest absolute Gasteiger partial charge is 0.330 e. The van der Waals surface area contributed by atoms with Gasteiger partial charge in [-0.2, -0.15) is 0 Å². The van der Waals surface area contributed by atoms with Crippen LogP contribution in [0.4, 0.5) is 0 Å². The van der Waals surface area contributed by atoms with E-state index in [0.717, 1.165) is 30.2 Å². The zero-order chi connectivity index (χ0) is 11.7. The molecule has 2 aromatic rings. The SMILES string of the molecule is NCCCCCc1nnc2sc3c(n12)CCC3. The molecule has 3 rings (SSSR count). The molecule has 0 saturated carbocycles. The third-order valence-electron chi connectivity index (χ3n) is 3.43. The van der Waals surface area contributed by atoms with Crippen LogP contribution in [-0.2, 0) is 19.3 Å². The molecule has 2 N–H and O–H groups in total. The Labute approximate surface area is 105 Å². The highest BCUT2D eigenvalue weighted by atomic mass is 32.1. The highest BCUT2D eigenvalue weighted by Gasteiger charge is 2.21. The molecule has 1 aliphatic carbocycles. The minimum absolute atomic E-state index is 0.795. The van der Waals surface area contributed by atoms with Crippen LogP contribution in [0.3, 0.4) is 0 Å². The first-order chi connectivity index (χ1) is 8.40. The van der Waals surface area contributed by atoms with Gasteiger partial charge in [-0.05, 0) is 38.6 Å². The predicted molar refractivity (Wildman–Crippen MR) is 69.5 cm³/mol. The average Bonchev–Trinajstić information content (AvgIpc) is 2.96. The third-order valence-corrected chi connectivity index (χ3v) is 4.56. The predicted octanol–water partition coefficient (Wildman–Crippen LogP) is 1.95. The lowest BCUT2D eigenvalue weighted by atomic mass is 10.2. The van der Waals surface area contributed by atoms with E-state index in [1.165, 1.54) is 42.7 Å². The van der Waals surface area contributed by atoms with Gasteiger partial charge in [-0.3, -0.25) is 4.40 Å². The topological polar surface area (TPSA) is 56.2 Å². The van der Waals surface area contributed by atoms with Gasteiger partial charge in [0.05, 0.1) is 0 Å². The van der Waals surface area contributed by atoms with E-state index in [1.807, 2.05) is 11.3 Å². The molecule has 1 aliphatic rings. The Bertz CT molecular complexity index is 514. The Morgan fingerprint density at radius 2 is 2.12 bits per heavy atom. The molecule has 0 atom stereocenters. The number of nitrogens with two attached hydrogens (primary N) is 1. The molecule has 0 aliphatic heterocycles. The summed E-state index contributed by atoms with van der Waals surface area (Å²) in [4.78, 5) is 2.61. The summed E-state index contributed by atoms with van der Waals surface area (Å²) in [5, 5.41) is 8.61. The molecule has 0 radical (unpaired) electrons. The highest BCUT2D eigenvalue weighted by molar-refractivity contribution is 7.17. The van der Waals surface area contributed by atoms with Gasteiger partial charge in [-0.1, -0.05) is 17.8 Å². The standard InChI is InChI=1S/C12H18N4S/c13-8-3-1-2-7-11-14-15-12-16(11)9-5-4-6-10(9)17-12/h1-8,13H2. The second-order valence-corrected chi connectivity index (χ2v) is 5.72. The summed E-state index contributed by atoms with van der Waals surface area (Å²) >= 11 is 1.82. The lowest BCUT2D eigenvalue weighted by Crippen LogP contribution is -2.00. The molecule has 5 heteroatoms. The van der Waals surface area contributed by atoms with Crippen LogP contribution in [0.15, 0.2) is 0 Å². The van der Waals surface area contributed by atoms with Gasteiger partial charge in [0.2, 0.25) is 4.96 Å². The molecule has 2 aromatic heterocycles. The smallest absolute Gasteiger partial charge is 0.216 e. The quantitative estimate of drug-likeness (QED) is 0.825. The van der Waals surface area contributed by atoms with Crippen molar-refractivity contribution in [2.75, 3.05) is 6.54 Å². The van der Waals surface area contributed by atoms with E-state index in [0.29, 0.717) is 0 Å². The number of thiazole rings is 1. The summed E-state index contributed by atoms with van der Waals surface area (Å²) in [5.41, 5.74) is 6.98. The Kier molecular flexibility index (Phi) is 3.11. The van der Waals surface area contributed by atoms with Gasteiger partial charge in [-0.25, -0.2) is 0 Å². The fraction of sp³-hybridized carbons (Fsp3) is 0.667. The van der Waals surface area contributed by atoms with Crippen LogP contribution in [0.25, 0.3) is 4.96 Å². The molecule has 0 aromatic carbocycles. The summed E-state index contributed by atoms with van der Waals surface area (Å²) in [6.07, 6.45) is 8.23. The summed E-state index contributed by atoms with van der Waals surface area (Å²) in [6, 6.07) is 0. The second-order valence-electron chi connectivity index (χ2n) is 4.66. The van der Waals surface area contributed by atoms with Crippen LogP contribution in [0, 0.1) is 0 Å². The van der Waals surface area contributed by atoms with Gasteiger partial charge in [0, 0.05) is 17.0 Å². The second kappa shape index (κ2) is 4.74. The first-order valence-corrected chi connectivity index (χ1v) is 7.26. The van der Waals surface area contributed by atoms with Crippen LogP contribution in [0.1, 0.15) is 42.1 Å². The maximum absolute atomic E-state index is 5.50. The minimum atomic E-state index is 0.795. The van der Waals surface area contributed by atoms with Crippen molar-refractivity contribution < 1.29 is 0 Å². The van der Waals surface area contributed by atoms with Crippen molar-refractivity contribution in [2.24, 2.45) is 5.73 Å². The minimum Gasteiger partial charge on any atom is -0.330 e. The fourth-order valence-corrected chi connectivity index (χ4v) is 3.73. The summed E-state index contributed by atoms with van der Waals surface area (Å²) in [7, 11) is 0. The molecule has 0 fully saturated rings. The molecule has 4 nitrogen and oxygen atoms in total. The number of nitrogens with zero attached hydrogens (tertiary/aromatic N) is 3. The number of unbranched alkanes of at least 4 members (excludes halogenated alkanes) is 2. The van der Waals surface area contributed by atoms with Crippen molar-refractivity contribution >= 4 is 16.3 Å². The van der Waals surface area contributed by atoms with Crippen molar-refractivity contribution in [3.63, 3.8) is 0 Å². The lowest BCUT2D eigenvalue weighted by molar-refractivity contribution is 0.663. The van der Waals surface area contributed by atoms with E-state index in [4.69, 9.17) is 5.73 Å². The number of hydrogen-bond acceptors (Lipinski definition) is 4. The molecule has 0 bridgehead atoms. The summed E-state index contributed by atoms with van der Waals surface area (Å²) in [6.45, 7) is 0.795. The fourth-order valence-electron chi connectivity index (χ4n) is 2.56. The normalized spacial score (nSPS) is 14.6. The zero-order valence-electron chi connectivity index (χ0n) is 9.98. The number of aryl methyl sites for hydroxylation is 3. The van der Waals surface area contributed by atoms with Crippen LogP contribution in [0.5, 0.6) is 0 Å². The van der Waals surface area contributed by atoms with Crippen LogP contribution in [0.2, 0.25) is 0 Å². The Balaban J connectivity index is 1.80. The van der Waals surface area contributed by atoms with Crippen molar-refractivity contribution in [3.8, 4) is 0 Å². The Hall–Kier alpha value is -0.940. The maximum Gasteiger partial charge on any atom is 0.216 e. The molecule has 0 spiro atoms. The summed E-state index contributed by atoms with van der Waals surface area (Å²) < 4.78 is 2.30. The summed E-state index contributed by atoms with van der Waals surface area (Å²) in [5.74, 6) is 1.15. The van der Waals surface area contributed by atoms with Crippen molar-refractivity contribution in [1.82, 2.24) is 14.6 Å². The van der Waals surface area contributed by atoms with Crippen LogP contribution < -0.4 is 5.73 Å². The van der Waals surface area contributed by atoms with E-state index < -0.39 is 0 Å². The molecular weight excluding hydrogens is 232 g/mol. The lowest BCUT2D eigenvalue weighted by Gasteiger charge is -2.00. The number of fused-ring (bicyclic) bond motifs is 3. The van der Waals surface area contributed by atoms with Gasteiger partial charge >= 0.3 is 0 Å². The third kappa shape index (κ3) is 1.98. The molecule has 2 heterocycles. The van der Waals surface area contributed by atoms with Gasteiger partial charge in [-0.15, -0.1) is 10.2 Å². The van der Waals surface area contributed by atoms with E-state index in [-0.39, 0.29) is 0 Å². The van der Waals surface area contributed by atoms with Gasteiger partial charge in [0.1, 0.15) is 5.82 Å². The molecular formula is C12H18N4S. The molecule has 92 valence electrons. The van der Waals surface area contributed by atoms with Gasteiger partial charge < -0.3 is 5.73 Å². The average molecular weight is 250 g/mol. The molecule has 0 unspecified atom stereocenters. The molecule has 0 amide bonds. The van der Waals surface area contributed by atoms with E-state index >= 15 is 0 Å². The molecule has 17 heavy (non-hydrogen) atoms. The van der Waals surface area contributed by atoms with Crippen molar-refractivity contribution in [3.05, 3.63) is 16.4 Å². The van der Waals surface area contributed by atoms with E-state index in [2.05, 4.69) is 14.6 Å². The first-order valence-electron chi connectivity index (χ1n) is 6.45. The number of hydrogen-bond donors (Lipinski definition) is 1. The number of aromatic nitrogens is 3. The van der Waals surface area contributed by atoms with Crippen molar-refractivity contribution in [1.29, 1.82) is 0 Å². The highest BCUT2D eigenvalue weighted by Crippen LogP contribution is 2.31. The van der Waals surface area contributed by atoms with E-state index in [1.54, 1.807) is 0 Å². The molecule has 0 saturated heterocycles. The van der Waals surface area contributed by atoms with E-state index in [9.17, 15) is 0 Å². The van der Waals surface area contributed by atoms with Crippen LogP contribution in [-0.4, -0.2) is 21.1 Å². The Morgan fingerprint density at radius 1 is 1.18 bits per heavy atom. The van der Waals surface area contributed by atoms with Crippen LogP contribution >= 0.6 is 11.3 Å². The monoisotopic (exact) mass is 250 g/mol. The van der Waals surface area contributed by atoms with Crippen molar-refractivity contribution in [2.45, 2.75) is 44.9 Å². The first kappa shape index (κ1) is 11.2. The van der Waals surface area contributed by atoms with Gasteiger partial charge in [0.25, 0.3) is 0 Å². The van der Waals surface area contributed by atoms with Gasteiger partial charge in [0.15, 0.2) is 0 Å².